The number of carbonyl (C=O) groups is 1. The fourth-order valence-corrected chi connectivity index (χ4v) is 2.71. The molecule has 0 aliphatic carbocycles. The first-order valence-electron chi connectivity index (χ1n) is 6.42. The molecule has 104 valence electrons. The SMILES string of the molecule is O=C(CCC1CCNC1)Cc1c(F)ccc(Br)c1F. The second-order valence-electron chi connectivity index (χ2n) is 4.93. The lowest BCUT2D eigenvalue weighted by molar-refractivity contribution is -0.118. The van der Waals surface area contributed by atoms with Gasteiger partial charge in [-0.05, 0) is 59.9 Å². The highest BCUT2D eigenvalue weighted by molar-refractivity contribution is 9.10. The van der Waals surface area contributed by atoms with Gasteiger partial charge in [0, 0.05) is 18.4 Å². The van der Waals surface area contributed by atoms with Crippen LogP contribution in [-0.2, 0) is 11.2 Å². The average molecular weight is 332 g/mol. The summed E-state index contributed by atoms with van der Waals surface area (Å²) in [5.74, 6) is -0.920. The molecule has 0 amide bonds. The summed E-state index contributed by atoms with van der Waals surface area (Å²) in [5.41, 5.74) is -0.135. The van der Waals surface area contributed by atoms with Crippen molar-refractivity contribution in [2.75, 3.05) is 13.1 Å². The summed E-state index contributed by atoms with van der Waals surface area (Å²) in [7, 11) is 0. The Morgan fingerprint density at radius 2 is 2.21 bits per heavy atom. The van der Waals surface area contributed by atoms with Gasteiger partial charge >= 0.3 is 0 Å². The van der Waals surface area contributed by atoms with Gasteiger partial charge in [0.25, 0.3) is 0 Å². The largest absolute Gasteiger partial charge is 0.316 e. The van der Waals surface area contributed by atoms with E-state index < -0.39 is 11.6 Å². The van der Waals surface area contributed by atoms with Gasteiger partial charge in [-0.2, -0.15) is 0 Å². The smallest absolute Gasteiger partial charge is 0.143 e. The Balaban J connectivity index is 1.93. The highest BCUT2D eigenvalue weighted by atomic mass is 79.9. The molecule has 0 bridgehead atoms. The van der Waals surface area contributed by atoms with Crippen LogP contribution < -0.4 is 5.32 Å². The van der Waals surface area contributed by atoms with E-state index in [2.05, 4.69) is 21.2 Å². The zero-order chi connectivity index (χ0) is 13.8. The minimum atomic E-state index is -0.670. The molecule has 1 N–H and O–H groups in total. The molecule has 0 saturated carbocycles. The van der Waals surface area contributed by atoms with Gasteiger partial charge in [-0.3, -0.25) is 4.79 Å². The fourth-order valence-electron chi connectivity index (χ4n) is 2.34. The predicted molar refractivity (Wildman–Crippen MR) is 73.0 cm³/mol. The third-order valence-electron chi connectivity index (χ3n) is 3.51. The number of hydrogen-bond donors (Lipinski definition) is 1. The Hall–Kier alpha value is -0.810. The molecule has 1 heterocycles. The second kappa shape index (κ2) is 6.57. The average Bonchev–Trinajstić information content (AvgIpc) is 2.90. The minimum absolute atomic E-state index is 0.109. The summed E-state index contributed by atoms with van der Waals surface area (Å²) in [6.07, 6.45) is 2.09. The maximum atomic E-state index is 13.7. The lowest BCUT2D eigenvalue weighted by Crippen LogP contribution is -2.12. The number of nitrogens with one attached hydrogen (secondary N) is 1. The van der Waals surface area contributed by atoms with Crippen LogP contribution in [0.3, 0.4) is 0 Å². The number of rotatable bonds is 5. The molecule has 0 radical (unpaired) electrons. The van der Waals surface area contributed by atoms with E-state index in [1.54, 1.807) is 0 Å². The van der Waals surface area contributed by atoms with Crippen LogP contribution in [0, 0.1) is 17.6 Å². The molecule has 0 spiro atoms. The lowest BCUT2D eigenvalue weighted by Gasteiger charge is -2.08. The Labute approximate surface area is 119 Å². The van der Waals surface area contributed by atoms with Crippen molar-refractivity contribution in [1.29, 1.82) is 0 Å². The Bertz CT molecular complexity index is 473. The topological polar surface area (TPSA) is 29.1 Å². The van der Waals surface area contributed by atoms with Crippen molar-refractivity contribution in [3.63, 3.8) is 0 Å². The van der Waals surface area contributed by atoms with Gasteiger partial charge < -0.3 is 5.32 Å². The molecule has 2 nitrogen and oxygen atoms in total. The van der Waals surface area contributed by atoms with Gasteiger partial charge in [-0.25, -0.2) is 8.78 Å². The van der Waals surface area contributed by atoms with E-state index in [0.29, 0.717) is 12.3 Å². The highest BCUT2D eigenvalue weighted by Gasteiger charge is 2.18. The number of carbonyl (C=O) groups excluding carboxylic acids is 1. The molecule has 0 aromatic heterocycles. The molecule has 5 heteroatoms. The van der Waals surface area contributed by atoms with Crippen molar-refractivity contribution >= 4 is 21.7 Å². The van der Waals surface area contributed by atoms with Crippen molar-refractivity contribution in [2.45, 2.75) is 25.7 Å². The number of halogens is 3. The molecule has 1 atom stereocenters. The maximum Gasteiger partial charge on any atom is 0.143 e. The monoisotopic (exact) mass is 331 g/mol. The van der Waals surface area contributed by atoms with Crippen LogP contribution in [0.2, 0.25) is 0 Å². The third kappa shape index (κ3) is 3.83. The highest BCUT2D eigenvalue weighted by Crippen LogP contribution is 2.23. The van der Waals surface area contributed by atoms with Crippen LogP contribution >= 0.6 is 15.9 Å². The molecule has 1 aliphatic heterocycles. The number of hydrogen-bond acceptors (Lipinski definition) is 2. The summed E-state index contributed by atoms with van der Waals surface area (Å²) in [6.45, 7) is 1.93. The van der Waals surface area contributed by atoms with Crippen LogP contribution in [0.1, 0.15) is 24.8 Å². The Kier molecular flexibility index (Phi) is 5.05. The Morgan fingerprint density at radius 3 is 2.89 bits per heavy atom. The summed E-state index contributed by atoms with van der Waals surface area (Å²) in [4.78, 5) is 11.8. The summed E-state index contributed by atoms with van der Waals surface area (Å²) < 4.78 is 27.4. The van der Waals surface area contributed by atoms with Crippen LogP contribution in [-0.4, -0.2) is 18.9 Å². The molecule has 1 aromatic carbocycles. The minimum Gasteiger partial charge on any atom is -0.316 e. The van der Waals surface area contributed by atoms with Gasteiger partial charge in [0.1, 0.15) is 17.4 Å². The van der Waals surface area contributed by atoms with Crippen LogP contribution in [0.5, 0.6) is 0 Å². The quantitative estimate of drug-likeness (QED) is 0.839. The molecular weight excluding hydrogens is 316 g/mol. The van der Waals surface area contributed by atoms with Crippen LogP contribution in [0.25, 0.3) is 0 Å². The standard InChI is InChI=1S/C14H16BrF2NO/c15-12-3-4-13(16)11(14(12)17)7-10(19)2-1-9-5-6-18-8-9/h3-4,9,18H,1-2,5-8H2. The van der Waals surface area contributed by atoms with Gasteiger partial charge in [-0.15, -0.1) is 0 Å². The number of ketones is 1. The zero-order valence-corrected chi connectivity index (χ0v) is 12.1. The third-order valence-corrected chi connectivity index (χ3v) is 4.12. The molecule has 1 fully saturated rings. The molecule has 1 unspecified atom stereocenters. The lowest BCUT2D eigenvalue weighted by atomic mass is 9.98. The van der Waals surface area contributed by atoms with Crippen molar-refractivity contribution in [1.82, 2.24) is 5.32 Å². The van der Waals surface area contributed by atoms with E-state index in [4.69, 9.17) is 0 Å². The van der Waals surface area contributed by atoms with Crippen molar-refractivity contribution in [2.24, 2.45) is 5.92 Å². The van der Waals surface area contributed by atoms with E-state index in [-0.39, 0.29) is 22.2 Å². The number of Topliss-reactive ketones (excluding diaryl/α,β-unsaturated/α-hetero) is 1. The molecular formula is C14H16BrF2NO. The molecule has 1 aromatic rings. The van der Waals surface area contributed by atoms with Gasteiger partial charge in [0.15, 0.2) is 0 Å². The zero-order valence-electron chi connectivity index (χ0n) is 10.5. The predicted octanol–water partition coefficient (Wildman–Crippen LogP) is 3.23. The second-order valence-corrected chi connectivity index (χ2v) is 5.79. The van der Waals surface area contributed by atoms with Gasteiger partial charge in [-0.1, -0.05) is 0 Å². The van der Waals surface area contributed by atoms with E-state index >= 15 is 0 Å². The van der Waals surface area contributed by atoms with Gasteiger partial charge in [0.2, 0.25) is 0 Å². The molecule has 2 rings (SSSR count). The van der Waals surface area contributed by atoms with E-state index in [1.165, 1.54) is 12.1 Å². The molecule has 19 heavy (non-hydrogen) atoms. The molecule has 1 saturated heterocycles. The summed E-state index contributed by atoms with van der Waals surface area (Å²) in [6, 6.07) is 2.49. The first kappa shape index (κ1) is 14.6. The van der Waals surface area contributed by atoms with Crippen LogP contribution in [0.4, 0.5) is 8.78 Å². The Morgan fingerprint density at radius 1 is 1.42 bits per heavy atom. The van der Waals surface area contributed by atoms with E-state index in [9.17, 15) is 13.6 Å². The summed E-state index contributed by atoms with van der Waals surface area (Å²) in [5, 5.41) is 3.23. The first-order chi connectivity index (χ1) is 9.08. The van der Waals surface area contributed by atoms with Crippen LogP contribution in [0.15, 0.2) is 16.6 Å². The first-order valence-corrected chi connectivity index (χ1v) is 7.22. The molecule has 1 aliphatic rings. The van der Waals surface area contributed by atoms with E-state index in [0.717, 1.165) is 25.9 Å². The summed E-state index contributed by atoms with van der Waals surface area (Å²) >= 11 is 3.00. The van der Waals surface area contributed by atoms with Crippen molar-refractivity contribution < 1.29 is 13.6 Å². The maximum absolute atomic E-state index is 13.7. The van der Waals surface area contributed by atoms with Gasteiger partial charge in [0.05, 0.1) is 4.47 Å². The fraction of sp³-hybridized carbons (Fsp3) is 0.500. The number of benzene rings is 1. The van der Waals surface area contributed by atoms with Crippen molar-refractivity contribution in [3.8, 4) is 0 Å². The normalized spacial score (nSPS) is 18.8. The van der Waals surface area contributed by atoms with E-state index in [1.807, 2.05) is 0 Å². The van der Waals surface area contributed by atoms with Crippen molar-refractivity contribution in [3.05, 3.63) is 33.8 Å².